The smallest absolute Gasteiger partial charge is 0.138 e. The van der Waals surface area contributed by atoms with E-state index >= 15 is 0 Å². The molecule has 4 heteroatoms. The summed E-state index contributed by atoms with van der Waals surface area (Å²) in [6.07, 6.45) is 0.870. The lowest BCUT2D eigenvalue weighted by Crippen LogP contribution is -2.16. The second-order valence-electron chi connectivity index (χ2n) is 5.30. The molecule has 0 aliphatic rings. The van der Waals surface area contributed by atoms with Gasteiger partial charge < -0.3 is 10.1 Å². The van der Waals surface area contributed by atoms with E-state index in [4.69, 9.17) is 4.74 Å². The maximum absolute atomic E-state index is 9.23. The normalized spacial score (nSPS) is 12.0. The molecule has 2 aromatic carbocycles. The van der Waals surface area contributed by atoms with Crippen LogP contribution in [0.15, 0.2) is 53.9 Å². The Morgan fingerprint density at radius 3 is 2.74 bits per heavy atom. The van der Waals surface area contributed by atoms with E-state index in [2.05, 4.69) is 23.5 Å². The summed E-state index contributed by atoms with van der Waals surface area (Å²) in [5.41, 5.74) is 1.86. The van der Waals surface area contributed by atoms with Crippen molar-refractivity contribution in [1.29, 1.82) is 5.26 Å². The molecular formula is C19H18N2OS. The van der Waals surface area contributed by atoms with Crippen molar-refractivity contribution in [3.63, 3.8) is 0 Å². The van der Waals surface area contributed by atoms with Crippen molar-refractivity contribution in [3.8, 4) is 11.8 Å². The minimum atomic E-state index is -0.0121. The van der Waals surface area contributed by atoms with Crippen LogP contribution in [0.2, 0.25) is 0 Å². The Balaban J connectivity index is 1.94. The first kappa shape index (κ1) is 15.5. The van der Waals surface area contributed by atoms with Crippen molar-refractivity contribution in [2.24, 2.45) is 0 Å². The molecule has 0 saturated heterocycles. The molecular weight excluding hydrogens is 304 g/mol. The highest BCUT2D eigenvalue weighted by atomic mass is 32.1. The molecule has 0 aliphatic carbocycles. The van der Waals surface area contributed by atoms with Gasteiger partial charge in [-0.2, -0.15) is 5.26 Å². The minimum absolute atomic E-state index is 0.0121. The summed E-state index contributed by atoms with van der Waals surface area (Å²) in [5.74, 6) is 0.846. The number of fused-ring (bicyclic) bond motifs is 1. The van der Waals surface area contributed by atoms with Gasteiger partial charge in [-0.25, -0.2) is 0 Å². The molecule has 0 aliphatic heterocycles. The SMILES string of the molecule is CNCC[C@@H](Oc1ccc(C#N)c2ccsc12)c1ccccc1. The molecule has 1 N–H and O–H groups in total. The van der Waals surface area contributed by atoms with E-state index in [1.165, 1.54) is 0 Å². The number of nitriles is 1. The van der Waals surface area contributed by atoms with Crippen LogP contribution in [0.1, 0.15) is 23.7 Å². The zero-order valence-corrected chi connectivity index (χ0v) is 13.8. The summed E-state index contributed by atoms with van der Waals surface area (Å²) in [6.45, 7) is 0.878. The van der Waals surface area contributed by atoms with E-state index in [1.807, 2.05) is 48.8 Å². The van der Waals surface area contributed by atoms with E-state index in [0.29, 0.717) is 5.56 Å². The molecule has 116 valence electrons. The topological polar surface area (TPSA) is 45.0 Å². The summed E-state index contributed by atoms with van der Waals surface area (Å²) in [7, 11) is 1.95. The van der Waals surface area contributed by atoms with Gasteiger partial charge in [0.05, 0.1) is 16.3 Å². The van der Waals surface area contributed by atoms with Gasteiger partial charge in [-0.05, 0) is 42.7 Å². The van der Waals surface area contributed by atoms with Crippen LogP contribution in [0.25, 0.3) is 10.1 Å². The lowest BCUT2D eigenvalue weighted by atomic mass is 10.1. The van der Waals surface area contributed by atoms with Crippen LogP contribution in [0.5, 0.6) is 5.75 Å². The maximum Gasteiger partial charge on any atom is 0.138 e. The van der Waals surface area contributed by atoms with Gasteiger partial charge >= 0.3 is 0 Å². The second-order valence-corrected chi connectivity index (χ2v) is 6.21. The Morgan fingerprint density at radius 2 is 2.00 bits per heavy atom. The zero-order valence-electron chi connectivity index (χ0n) is 13.0. The van der Waals surface area contributed by atoms with Gasteiger partial charge in [0.15, 0.2) is 0 Å². The first-order valence-corrected chi connectivity index (χ1v) is 8.48. The number of nitrogens with one attached hydrogen (secondary N) is 1. The maximum atomic E-state index is 9.23. The summed E-state index contributed by atoms with van der Waals surface area (Å²) in [5, 5.41) is 15.4. The molecule has 3 rings (SSSR count). The minimum Gasteiger partial charge on any atom is -0.484 e. The van der Waals surface area contributed by atoms with Crippen LogP contribution in [0.3, 0.4) is 0 Å². The number of nitrogens with zero attached hydrogens (tertiary/aromatic N) is 1. The fourth-order valence-corrected chi connectivity index (χ4v) is 3.49. The number of benzene rings is 2. The third kappa shape index (κ3) is 3.37. The molecule has 0 radical (unpaired) electrons. The summed E-state index contributed by atoms with van der Waals surface area (Å²) >= 11 is 1.61. The molecule has 3 nitrogen and oxygen atoms in total. The largest absolute Gasteiger partial charge is 0.484 e. The van der Waals surface area contributed by atoms with Crippen LogP contribution in [-0.4, -0.2) is 13.6 Å². The predicted octanol–water partition coefficient (Wildman–Crippen LogP) is 4.50. The van der Waals surface area contributed by atoms with Crippen LogP contribution in [0.4, 0.5) is 0 Å². The summed E-state index contributed by atoms with van der Waals surface area (Å²) < 4.78 is 7.37. The van der Waals surface area contributed by atoms with E-state index in [-0.39, 0.29) is 6.10 Å². The van der Waals surface area contributed by atoms with Gasteiger partial charge in [0.25, 0.3) is 0 Å². The van der Waals surface area contributed by atoms with Gasteiger partial charge in [0.2, 0.25) is 0 Å². The molecule has 1 heterocycles. The molecule has 0 bridgehead atoms. The molecule has 1 atom stereocenters. The van der Waals surface area contributed by atoms with Crippen molar-refractivity contribution in [3.05, 3.63) is 65.0 Å². The molecule has 0 fully saturated rings. The number of rotatable bonds is 6. The van der Waals surface area contributed by atoms with Gasteiger partial charge in [0, 0.05) is 11.8 Å². The Bertz CT molecular complexity index is 820. The fraction of sp³-hybridized carbons (Fsp3) is 0.211. The van der Waals surface area contributed by atoms with Crippen LogP contribution in [-0.2, 0) is 0 Å². The Labute approximate surface area is 140 Å². The van der Waals surface area contributed by atoms with Gasteiger partial charge in [-0.3, -0.25) is 0 Å². The van der Waals surface area contributed by atoms with E-state index < -0.39 is 0 Å². The molecule has 1 aromatic heterocycles. The first-order chi connectivity index (χ1) is 11.3. The van der Waals surface area contributed by atoms with Gasteiger partial charge in [0.1, 0.15) is 11.9 Å². The van der Waals surface area contributed by atoms with Gasteiger partial charge in [-0.1, -0.05) is 30.3 Å². The number of hydrogen-bond donors (Lipinski definition) is 1. The molecule has 0 unspecified atom stereocenters. The fourth-order valence-electron chi connectivity index (χ4n) is 2.62. The van der Waals surface area contributed by atoms with Gasteiger partial charge in [-0.15, -0.1) is 11.3 Å². The van der Waals surface area contributed by atoms with E-state index in [1.54, 1.807) is 11.3 Å². The highest BCUT2D eigenvalue weighted by Crippen LogP contribution is 2.36. The summed E-state index contributed by atoms with van der Waals surface area (Å²) in [6, 6.07) is 18.2. The van der Waals surface area contributed by atoms with Crippen molar-refractivity contribution in [2.75, 3.05) is 13.6 Å². The lowest BCUT2D eigenvalue weighted by molar-refractivity contribution is 0.198. The zero-order chi connectivity index (χ0) is 16.1. The monoisotopic (exact) mass is 322 g/mol. The average molecular weight is 322 g/mol. The first-order valence-electron chi connectivity index (χ1n) is 7.60. The van der Waals surface area contributed by atoms with Crippen LogP contribution < -0.4 is 10.1 Å². The second kappa shape index (κ2) is 7.28. The number of hydrogen-bond acceptors (Lipinski definition) is 4. The van der Waals surface area contributed by atoms with Crippen molar-refractivity contribution in [1.82, 2.24) is 5.32 Å². The quantitative estimate of drug-likeness (QED) is 0.726. The summed E-state index contributed by atoms with van der Waals surface area (Å²) in [4.78, 5) is 0. The third-order valence-electron chi connectivity index (χ3n) is 3.80. The van der Waals surface area contributed by atoms with Crippen LogP contribution in [0, 0.1) is 11.3 Å². The number of ether oxygens (including phenoxy) is 1. The standard InChI is InChI=1S/C19H18N2OS/c1-21-11-9-17(14-5-3-2-4-6-14)22-18-8-7-15(13-20)16-10-12-23-19(16)18/h2-8,10,12,17,21H,9,11H2,1H3/t17-/m1/s1. The molecule has 0 saturated carbocycles. The van der Waals surface area contributed by atoms with E-state index in [0.717, 1.165) is 34.4 Å². The molecule has 0 amide bonds. The Morgan fingerprint density at radius 1 is 1.17 bits per heavy atom. The third-order valence-corrected chi connectivity index (χ3v) is 4.73. The highest BCUT2D eigenvalue weighted by Gasteiger charge is 2.16. The molecule has 3 aromatic rings. The Hall–Kier alpha value is -2.35. The predicted molar refractivity (Wildman–Crippen MR) is 94.9 cm³/mol. The van der Waals surface area contributed by atoms with Crippen LogP contribution >= 0.6 is 11.3 Å². The molecule has 23 heavy (non-hydrogen) atoms. The average Bonchev–Trinajstić information content (AvgIpc) is 3.09. The number of thiophene rings is 1. The highest BCUT2D eigenvalue weighted by molar-refractivity contribution is 7.17. The van der Waals surface area contributed by atoms with E-state index in [9.17, 15) is 5.26 Å². The van der Waals surface area contributed by atoms with Crippen molar-refractivity contribution in [2.45, 2.75) is 12.5 Å². The van der Waals surface area contributed by atoms with Crippen molar-refractivity contribution >= 4 is 21.4 Å². The lowest BCUT2D eigenvalue weighted by Gasteiger charge is -2.20. The Kier molecular flexibility index (Phi) is 4.92. The van der Waals surface area contributed by atoms with Crippen molar-refractivity contribution < 1.29 is 4.74 Å². The molecule has 0 spiro atoms.